The SMILES string of the molecule is CC(NC(=O)CSc1nnc(C2CC2)n1Cc1ccccc1)c1cccc(Cl)c1. The number of benzene rings is 2. The van der Waals surface area contributed by atoms with E-state index in [9.17, 15) is 4.79 Å². The van der Waals surface area contributed by atoms with E-state index in [2.05, 4.69) is 32.2 Å². The molecule has 1 amide bonds. The van der Waals surface area contributed by atoms with Crippen molar-refractivity contribution in [2.24, 2.45) is 0 Å². The van der Waals surface area contributed by atoms with Crippen LogP contribution in [0, 0.1) is 0 Å². The highest BCUT2D eigenvalue weighted by Gasteiger charge is 2.30. The zero-order chi connectivity index (χ0) is 20.2. The third-order valence-corrected chi connectivity index (χ3v) is 6.13. The van der Waals surface area contributed by atoms with E-state index >= 15 is 0 Å². The zero-order valence-corrected chi connectivity index (χ0v) is 17.8. The smallest absolute Gasteiger partial charge is 0.230 e. The normalized spacial score (nSPS) is 14.6. The summed E-state index contributed by atoms with van der Waals surface area (Å²) in [5, 5.41) is 13.3. The number of carbonyl (C=O) groups excluding carboxylic acids is 1. The Bertz CT molecular complexity index is 987. The number of aromatic nitrogens is 3. The summed E-state index contributed by atoms with van der Waals surface area (Å²) >= 11 is 7.48. The molecule has 1 atom stereocenters. The Labute approximate surface area is 179 Å². The van der Waals surface area contributed by atoms with E-state index in [1.165, 1.54) is 17.3 Å². The zero-order valence-electron chi connectivity index (χ0n) is 16.2. The summed E-state index contributed by atoms with van der Waals surface area (Å²) < 4.78 is 2.16. The molecule has 0 radical (unpaired) electrons. The lowest BCUT2D eigenvalue weighted by Gasteiger charge is -2.15. The van der Waals surface area contributed by atoms with Crippen molar-refractivity contribution in [3.63, 3.8) is 0 Å². The molecule has 0 aliphatic heterocycles. The maximum atomic E-state index is 12.5. The summed E-state index contributed by atoms with van der Waals surface area (Å²) in [5.74, 6) is 1.79. The Morgan fingerprint density at radius 3 is 2.72 bits per heavy atom. The van der Waals surface area contributed by atoms with Crippen LogP contribution in [0.15, 0.2) is 59.8 Å². The van der Waals surface area contributed by atoms with Crippen molar-refractivity contribution in [2.75, 3.05) is 5.75 Å². The topological polar surface area (TPSA) is 59.8 Å². The molecule has 1 fully saturated rings. The van der Waals surface area contributed by atoms with Crippen molar-refractivity contribution in [1.82, 2.24) is 20.1 Å². The molecule has 0 saturated heterocycles. The molecule has 5 nitrogen and oxygen atoms in total. The van der Waals surface area contributed by atoms with Crippen LogP contribution in [0.2, 0.25) is 5.02 Å². The van der Waals surface area contributed by atoms with Gasteiger partial charge in [0, 0.05) is 10.9 Å². The fourth-order valence-corrected chi connectivity index (χ4v) is 4.19. The number of amides is 1. The third kappa shape index (κ3) is 5.19. The van der Waals surface area contributed by atoms with Gasteiger partial charge in [0.15, 0.2) is 5.16 Å². The number of nitrogens with one attached hydrogen (secondary N) is 1. The second-order valence-electron chi connectivity index (χ2n) is 7.32. The Morgan fingerprint density at radius 2 is 2.00 bits per heavy atom. The molecule has 1 saturated carbocycles. The molecule has 1 N–H and O–H groups in total. The highest BCUT2D eigenvalue weighted by molar-refractivity contribution is 7.99. The second kappa shape index (κ2) is 9.01. The van der Waals surface area contributed by atoms with Gasteiger partial charge in [-0.3, -0.25) is 4.79 Å². The van der Waals surface area contributed by atoms with Crippen LogP contribution in [0.25, 0.3) is 0 Å². The van der Waals surface area contributed by atoms with Gasteiger partial charge < -0.3 is 9.88 Å². The first-order valence-corrected chi connectivity index (χ1v) is 11.1. The number of rotatable bonds is 8. The molecule has 29 heavy (non-hydrogen) atoms. The predicted octanol–water partition coefficient (Wildman–Crippen LogP) is 4.83. The van der Waals surface area contributed by atoms with E-state index in [0.29, 0.717) is 16.7 Å². The third-order valence-electron chi connectivity index (χ3n) is 4.93. The van der Waals surface area contributed by atoms with Crippen LogP contribution in [-0.4, -0.2) is 26.4 Å². The van der Waals surface area contributed by atoms with Gasteiger partial charge >= 0.3 is 0 Å². The summed E-state index contributed by atoms with van der Waals surface area (Å²) in [6.07, 6.45) is 2.32. The first kappa shape index (κ1) is 20.0. The molecule has 3 aromatic rings. The van der Waals surface area contributed by atoms with Crippen LogP contribution in [0.5, 0.6) is 0 Å². The van der Waals surface area contributed by atoms with Crippen molar-refractivity contribution in [3.8, 4) is 0 Å². The number of hydrogen-bond acceptors (Lipinski definition) is 4. The molecule has 1 heterocycles. The largest absolute Gasteiger partial charge is 0.349 e. The van der Waals surface area contributed by atoms with Crippen LogP contribution >= 0.6 is 23.4 Å². The predicted molar refractivity (Wildman–Crippen MR) is 116 cm³/mol. The van der Waals surface area contributed by atoms with Gasteiger partial charge in [-0.25, -0.2) is 0 Å². The molecule has 1 aromatic heterocycles. The van der Waals surface area contributed by atoms with Crippen molar-refractivity contribution in [1.29, 1.82) is 0 Å². The maximum Gasteiger partial charge on any atom is 0.230 e. The number of nitrogens with zero attached hydrogens (tertiary/aromatic N) is 3. The van der Waals surface area contributed by atoms with E-state index < -0.39 is 0 Å². The van der Waals surface area contributed by atoms with Crippen molar-refractivity contribution in [3.05, 3.63) is 76.6 Å². The van der Waals surface area contributed by atoms with Gasteiger partial charge in [0.25, 0.3) is 0 Å². The van der Waals surface area contributed by atoms with Crippen LogP contribution in [-0.2, 0) is 11.3 Å². The van der Waals surface area contributed by atoms with Crippen molar-refractivity contribution < 1.29 is 4.79 Å². The lowest BCUT2D eigenvalue weighted by Crippen LogP contribution is -2.28. The maximum absolute atomic E-state index is 12.5. The lowest BCUT2D eigenvalue weighted by molar-refractivity contribution is -0.119. The molecule has 0 spiro atoms. The van der Waals surface area contributed by atoms with Gasteiger partial charge in [0.1, 0.15) is 5.82 Å². The average molecular weight is 427 g/mol. The van der Waals surface area contributed by atoms with Crippen LogP contribution < -0.4 is 5.32 Å². The fraction of sp³-hybridized carbons (Fsp3) is 0.318. The average Bonchev–Trinajstić information content (AvgIpc) is 3.49. The molecule has 7 heteroatoms. The van der Waals surface area contributed by atoms with Gasteiger partial charge in [-0.1, -0.05) is 65.8 Å². The monoisotopic (exact) mass is 426 g/mol. The molecule has 150 valence electrons. The minimum Gasteiger partial charge on any atom is -0.349 e. The van der Waals surface area contributed by atoms with E-state index in [-0.39, 0.29) is 11.9 Å². The summed E-state index contributed by atoms with van der Waals surface area (Å²) in [7, 11) is 0. The van der Waals surface area contributed by atoms with Gasteiger partial charge in [0.05, 0.1) is 18.3 Å². The standard InChI is InChI=1S/C22H23ClN4OS/c1-15(18-8-5-9-19(23)12-18)24-20(28)14-29-22-26-25-21(17-10-11-17)27(22)13-16-6-3-2-4-7-16/h2-9,12,15,17H,10-11,13-14H2,1H3,(H,24,28). The van der Waals surface area contributed by atoms with Crippen LogP contribution in [0.3, 0.4) is 0 Å². The van der Waals surface area contributed by atoms with Crippen LogP contribution in [0.1, 0.15) is 48.7 Å². The molecular formula is C22H23ClN4OS. The Morgan fingerprint density at radius 1 is 1.21 bits per heavy atom. The van der Waals surface area contributed by atoms with E-state index in [1.54, 1.807) is 0 Å². The molecule has 2 aromatic carbocycles. The summed E-state index contributed by atoms with van der Waals surface area (Å²) in [6, 6.07) is 17.7. The van der Waals surface area contributed by atoms with Gasteiger partial charge in [-0.05, 0) is 43.0 Å². The minimum absolute atomic E-state index is 0.0373. The van der Waals surface area contributed by atoms with Crippen molar-refractivity contribution in [2.45, 2.75) is 43.4 Å². The molecule has 0 bridgehead atoms. The Kier molecular flexibility index (Phi) is 6.21. The van der Waals surface area contributed by atoms with E-state index in [1.807, 2.05) is 49.4 Å². The molecular weight excluding hydrogens is 404 g/mol. The molecule has 1 aliphatic rings. The number of carbonyl (C=O) groups is 1. The number of thioether (sulfide) groups is 1. The van der Waals surface area contributed by atoms with Gasteiger partial charge in [0.2, 0.25) is 5.91 Å². The number of halogens is 1. The first-order chi connectivity index (χ1) is 14.1. The highest BCUT2D eigenvalue weighted by Crippen LogP contribution is 2.40. The first-order valence-electron chi connectivity index (χ1n) is 9.75. The van der Waals surface area contributed by atoms with Gasteiger partial charge in [-0.15, -0.1) is 10.2 Å². The molecule has 1 aliphatic carbocycles. The van der Waals surface area contributed by atoms with Crippen LogP contribution in [0.4, 0.5) is 0 Å². The van der Waals surface area contributed by atoms with Crippen molar-refractivity contribution >= 4 is 29.3 Å². The summed E-state index contributed by atoms with van der Waals surface area (Å²) in [4.78, 5) is 12.5. The molecule has 4 rings (SSSR count). The summed E-state index contributed by atoms with van der Waals surface area (Å²) in [5.41, 5.74) is 2.19. The Hall–Kier alpha value is -2.31. The fourth-order valence-electron chi connectivity index (χ4n) is 3.24. The van der Waals surface area contributed by atoms with E-state index in [0.717, 1.165) is 35.9 Å². The second-order valence-corrected chi connectivity index (χ2v) is 8.70. The summed E-state index contributed by atoms with van der Waals surface area (Å²) in [6.45, 7) is 2.68. The highest BCUT2D eigenvalue weighted by atomic mass is 35.5. The quantitative estimate of drug-likeness (QED) is 0.524. The van der Waals surface area contributed by atoms with Gasteiger partial charge in [-0.2, -0.15) is 0 Å². The lowest BCUT2D eigenvalue weighted by atomic mass is 10.1. The minimum atomic E-state index is -0.106. The van der Waals surface area contributed by atoms with E-state index in [4.69, 9.17) is 11.6 Å². The number of hydrogen-bond donors (Lipinski definition) is 1. The molecule has 1 unspecified atom stereocenters. The Balaban J connectivity index is 1.41.